The number of aryl methyl sites for hydroxylation is 2. The predicted molar refractivity (Wildman–Crippen MR) is 259 cm³/mol. The standard InChI is InChI=1S/C26H34N8O3Si.C20H20N8O2/c1-32-20(10-11-29-32)17-33(16-19-8-6-5-7-9-19)26(36)25(35)31-22-15-28-24(27)21-14-30-34(23(21)22)18-37-12-13-38(2,3)4;1-27-14(7-8-24-27)12-28(11-13-5-3-2-4-6-13)20(30)19(29)25-16-10-22-18(21)15-9-23-26-17(15)16/h5-11,14-15H,12-13,16-18H2,1-4H3,(H2,27,28)(H,31,35);2-10H,11-12H2,1H3,(H2,21,22)(H,23,26)(H,25,29). The molecule has 0 aliphatic carbocycles. The molecule has 0 spiro atoms. The number of nitrogen functional groups attached to an aromatic ring is 2. The molecule has 352 valence electrons. The highest BCUT2D eigenvalue weighted by atomic mass is 28.3. The summed E-state index contributed by atoms with van der Waals surface area (Å²) in [5.41, 5.74) is 17.0. The van der Waals surface area contributed by atoms with Crippen LogP contribution in [0, 0.1) is 0 Å². The van der Waals surface area contributed by atoms with Gasteiger partial charge in [0.15, 0.2) is 0 Å². The zero-order chi connectivity index (χ0) is 48.4. The van der Waals surface area contributed by atoms with Gasteiger partial charge in [0, 0.05) is 54.3 Å². The number of fused-ring (bicyclic) bond motifs is 2. The van der Waals surface area contributed by atoms with Crippen molar-refractivity contribution in [2.45, 2.75) is 58.6 Å². The molecule has 0 aliphatic rings. The first-order chi connectivity index (χ1) is 32.6. The molecule has 7 N–H and O–H groups in total. The van der Waals surface area contributed by atoms with Gasteiger partial charge < -0.3 is 36.6 Å². The summed E-state index contributed by atoms with van der Waals surface area (Å²) in [5, 5.41) is 25.9. The van der Waals surface area contributed by atoms with Crippen molar-refractivity contribution in [2.24, 2.45) is 14.1 Å². The molecule has 6 aromatic heterocycles. The fourth-order valence-corrected chi connectivity index (χ4v) is 7.80. The Morgan fingerprint density at radius 3 is 1.69 bits per heavy atom. The van der Waals surface area contributed by atoms with Crippen molar-refractivity contribution in [1.29, 1.82) is 0 Å². The van der Waals surface area contributed by atoms with Crippen LogP contribution in [0.1, 0.15) is 22.5 Å². The molecule has 0 saturated carbocycles. The lowest BCUT2D eigenvalue weighted by Crippen LogP contribution is -2.39. The van der Waals surface area contributed by atoms with Crippen LogP contribution >= 0.6 is 0 Å². The van der Waals surface area contributed by atoms with E-state index in [1.165, 1.54) is 28.4 Å². The molecule has 68 heavy (non-hydrogen) atoms. The Kier molecular flexibility index (Phi) is 15.0. The molecule has 8 rings (SSSR count). The van der Waals surface area contributed by atoms with Crippen LogP contribution in [0.3, 0.4) is 0 Å². The van der Waals surface area contributed by atoms with Gasteiger partial charge in [-0.15, -0.1) is 0 Å². The molecule has 0 saturated heterocycles. The number of amides is 4. The Bertz CT molecular complexity index is 3010. The number of H-pyrrole nitrogens is 1. The maximum Gasteiger partial charge on any atom is 0.314 e. The lowest BCUT2D eigenvalue weighted by Gasteiger charge is -2.22. The SMILES string of the molecule is Cn1nccc1CN(Cc1ccccc1)C(=O)C(=O)Nc1cnc(N)c2cn[nH]c12.Cn1nccc1CN(Cc1ccccc1)C(=O)C(=O)Nc1cnc(N)c2cnn(COCC[Si](C)(C)C)c12. The second-order valence-corrected chi connectivity index (χ2v) is 22.7. The lowest BCUT2D eigenvalue weighted by molar-refractivity contribution is -0.144. The molecule has 0 aliphatic heterocycles. The van der Waals surface area contributed by atoms with Gasteiger partial charge in [0.2, 0.25) is 0 Å². The molecule has 0 bridgehead atoms. The van der Waals surface area contributed by atoms with E-state index in [1.54, 1.807) is 52.8 Å². The van der Waals surface area contributed by atoms with Crippen molar-refractivity contribution < 1.29 is 23.9 Å². The van der Waals surface area contributed by atoms with Gasteiger partial charge in [-0.3, -0.25) is 33.6 Å². The minimum Gasteiger partial charge on any atom is -0.383 e. The molecule has 0 radical (unpaired) electrons. The Balaban J connectivity index is 0.000000207. The summed E-state index contributed by atoms with van der Waals surface area (Å²) in [7, 11) is 2.34. The number of pyridine rings is 2. The number of benzene rings is 2. The van der Waals surface area contributed by atoms with E-state index in [-0.39, 0.29) is 44.5 Å². The number of nitrogens with zero attached hydrogens (tertiary/aromatic N) is 11. The van der Waals surface area contributed by atoms with Gasteiger partial charge in [0.1, 0.15) is 18.4 Å². The van der Waals surface area contributed by atoms with Crippen LogP contribution in [0.25, 0.3) is 21.8 Å². The minimum absolute atomic E-state index is 0.189. The monoisotopic (exact) mass is 938 g/mol. The van der Waals surface area contributed by atoms with Gasteiger partial charge in [-0.05, 0) is 29.3 Å². The highest BCUT2D eigenvalue weighted by Gasteiger charge is 2.27. The number of rotatable bonds is 15. The Morgan fingerprint density at radius 2 is 1.18 bits per heavy atom. The zero-order valence-electron chi connectivity index (χ0n) is 38.5. The van der Waals surface area contributed by atoms with Gasteiger partial charge in [-0.2, -0.15) is 20.4 Å². The number of hydrogen-bond acceptors (Lipinski definition) is 13. The first kappa shape index (κ1) is 47.7. The van der Waals surface area contributed by atoms with Crippen LogP contribution in [0.5, 0.6) is 0 Å². The van der Waals surface area contributed by atoms with Crippen molar-refractivity contribution >= 4 is 76.5 Å². The highest BCUT2D eigenvalue weighted by Crippen LogP contribution is 2.27. The van der Waals surface area contributed by atoms with E-state index in [0.29, 0.717) is 39.8 Å². The number of nitrogens with two attached hydrogens (primary N) is 2. The third-order valence-electron chi connectivity index (χ3n) is 10.9. The van der Waals surface area contributed by atoms with Crippen molar-refractivity contribution in [1.82, 2.24) is 59.3 Å². The Hall–Kier alpha value is -8.24. The first-order valence-corrected chi connectivity index (χ1v) is 25.3. The van der Waals surface area contributed by atoms with E-state index in [9.17, 15) is 19.2 Å². The number of aromatic amines is 1. The quantitative estimate of drug-likeness (QED) is 0.0532. The molecule has 4 amide bonds. The number of nitrogens with one attached hydrogen (secondary N) is 3. The molecule has 0 fully saturated rings. The average molecular weight is 939 g/mol. The number of carbonyl (C=O) groups excluding carboxylic acids is 4. The molecule has 0 atom stereocenters. The largest absolute Gasteiger partial charge is 0.383 e. The van der Waals surface area contributed by atoms with Crippen LogP contribution in [-0.4, -0.2) is 97.6 Å². The van der Waals surface area contributed by atoms with Crippen LogP contribution < -0.4 is 22.1 Å². The zero-order valence-corrected chi connectivity index (χ0v) is 39.5. The van der Waals surface area contributed by atoms with Gasteiger partial charge in [-0.25, -0.2) is 14.6 Å². The predicted octanol–water partition coefficient (Wildman–Crippen LogP) is 4.67. The van der Waals surface area contributed by atoms with E-state index < -0.39 is 31.7 Å². The molecule has 0 unspecified atom stereocenters. The van der Waals surface area contributed by atoms with Crippen LogP contribution in [0.2, 0.25) is 25.7 Å². The summed E-state index contributed by atoms with van der Waals surface area (Å²) in [5.74, 6) is -2.37. The van der Waals surface area contributed by atoms with Crippen molar-refractivity contribution in [2.75, 3.05) is 28.7 Å². The minimum atomic E-state index is -1.24. The molecular weight excluding hydrogens is 885 g/mol. The van der Waals surface area contributed by atoms with Crippen LogP contribution in [0.15, 0.2) is 110 Å². The Morgan fingerprint density at radius 1 is 0.662 bits per heavy atom. The average Bonchev–Trinajstić information content (AvgIpc) is 4.16. The molecule has 2 aromatic carbocycles. The van der Waals surface area contributed by atoms with Crippen LogP contribution in [-0.2, 0) is 70.9 Å². The summed E-state index contributed by atoms with van der Waals surface area (Å²) in [4.78, 5) is 63.7. The summed E-state index contributed by atoms with van der Waals surface area (Å²) < 4.78 is 10.8. The number of hydrogen-bond donors (Lipinski definition) is 5. The molecule has 21 nitrogen and oxygen atoms in total. The number of aromatic nitrogens is 10. The second kappa shape index (κ2) is 21.4. The van der Waals surface area contributed by atoms with Crippen LogP contribution in [0.4, 0.5) is 23.0 Å². The number of ether oxygens (including phenoxy) is 1. The van der Waals surface area contributed by atoms with Crippen molar-refractivity contribution in [3.8, 4) is 0 Å². The summed E-state index contributed by atoms with van der Waals surface area (Å²) in [6.07, 6.45) is 9.23. The first-order valence-electron chi connectivity index (χ1n) is 21.6. The molecule has 22 heteroatoms. The topological polar surface area (TPSA) is 268 Å². The molecular formula is C46H54N16O5Si. The third kappa shape index (κ3) is 12.0. The molecule has 8 aromatic rings. The van der Waals surface area contributed by atoms with E-state index in [4.69, 9.17) is 16.2 Å². The van der Waals surface area contributed by atoms with Crippen molar-refractivity contribution in [3.05, 3.63) is 132 Å². The number of carbonyl (C=O) groups is 4. The van der Waals surface area contributed by atoms with Crippen molar-refractivity contribution in [3.63, 3.8) is 0 Å². The summed E-state index contributed by atoms with van der Waals surface area (Å²) in [6.45, 7) is 8.64. The van der Waals surface area contributed by atoms with Gasteiger partial charge >= 0.3 is 23.6 Å². The van der Waals surface area contributed by atoms with Gasteiger partial charge in [-0.1, -0.05) is 80.3 Å². The Labute approximate surface area is 392 Å². The van der Waals surface area contributed by atoms with E-state index in [1.807, 2.05) is 66.7 Å². The van der Waals surface area contributed by atoms with Gasteiger partial charge in [0.05, 0.1) is 82.4 Å². The summed E-state index contributed by atoms with van der Waals surface area (Å²) >= 11 is 0. The fourth-order valence-electron chi connectivity index (χ4n) is 7.04. The fraction of sp³-hybridized carbons (Fsp3) is 0.261. The smallest absolute Gasteiger partial charge is 0.314 e. The number of anilines is 4. The second-order valence-electron chi connectivity index (χ2n) is 17.1. The van der Waals surface area contributed by atoms with Gasteiger partial charge in [0.25, 0.3) is 0 Å². The summed E-state index contributed by atoms with van der Waals surface area (Å²) in [6, 6.07) is 23.6. The normalized spacial score (nSPS) is 11.2. The third-order valence-corrected chi connectivity index (χ3v) is 12.6. The maximum absolute atomic E-state index is 13.4. The lowest BCUT2D eigenvalue weighted by atomic mass is 10.2. The van der Waals surface area contributed by atoms with E-state index in [0.717, 1.165) is 28.6 Å². The highest BCUT2D eigenvalue weighted by molar-refractivity contribution is 6.76. The maximum atomic E-state index is 13.4. The van der Waals surface area contributed by atoms with E-state index in [2.05, 4.69) is 65.7 Å². The molecule has 6 heterocycles. The van der Waals surface area contributed by atoms with E-state index >= 15 is 0 Å².